The van der Waals surface area contributed by atoms with E-state index in [0.29, 0.717) is 17.6 Å². The Morgan fingerprint density at radius 3 is 2.50 bits per heavy atom. The fourth-order valence-electron chi connectivity index (χ4n) is 2.41. The number of nitrogens with two attached hydrogens (primary N) is 1. The van der Waals surface area contributed by atoms with E-state index in [9.17, 15) is 4.79 Å². The van der Waals surface area contributed by atoms with E-state index < -0.39 is 0 Å². The molecule has 22 heavy (non-hydrogen) atoms. The standard InChI is InChI=1S/C17H16N2O2.ClH/c1-21-14-7-5-12(6-8-14)11-19-10-9-13-3-2-4-15(18)16(13)17(19)20;/h2-10H,11,18H2,1H3;1H. The van der Waals surface area contributed by atoms with Crippen LogP contribution in [0.5, 0.6) is 5.75 Å². The van der Waals surface area contributed by atoms with Crippen molar-refractivity contribution >= 4 is 28.9 Å². The van der Waals surface area contributed by atoms with Gasteiger partial charge in [0.05, 0.1) is 19.0 Å². The molecular weight excluding hydrogens is 300 g/mol. The highest BCUT2D eigenvalue weighted by Crippen LogP contribution is 2.17. The monoisotopic (exact) mass is 316 g/mol. The summed E-state index contributed by atoms with van der Waals surface area (Å²) in [5.41, 5.74) is 7.41. The minimum Gasteiger partial charge on any atom is -0.497 e. The molecule has 0 fully saturated rings. The van der Waals surface area contributed by atoms with Gasteiger partial charge in [0, 0.05) is 11.9 Å². The molecule has 2 N–H and O–H groups in total. The van der Waals surface area contributed by atoms with Crippen LogP contribution in [0.1, 0.15) is 5.56 Å². The lowest BCUT2D eigenvalue weighted by atomic mass is 10.1. The van der Waals surface area contributed by atoms with Gasteiger partial charge < -0.3 is 15.0 Å². The number of anilines is 1. The van der Waals surface area contributed by atoms with E-state index in [4.69, 9.17) is 10.5 Å². The first kappa shape index (κ1) is 15.9. The van der Waals surface area contributed by atoms with Gasteiger partial charge in [0.2, 0.25) is 0 Å². The van der Waals surface area contributed by atoms with Gasteiger partial charge in [-0.1, -0.05) is 24.3 Å². The Kier molecular flexibility index (Phi) is 4.73. The van der Waals surface area contributed by atoms with Crippen LogP contribution < -0.4 is 16.0 Å². The molecular formula is C17H17ClN2O2. The van der Waals surface area contributed by atoms with E-state index in [-0.39, 0.29) is 18.0 Å². The summed E-state index contributed by atoms with van der Waals surface area (Å²) in [6.45, 7) is 0.507. The van der Waals surface area contributed by atoms with Gasteiger partial charge in [-0.15, -0.1) is 12.4 Å². The summed E-state index contributed by atoms with van der Waals surface area (Å²) in [5, 5.41) is 1.44. The lowest BCUT2D eigenvalue weighted by Gasteiger charge is -2.09. The van der Waals surface area contributed by atoms with Gasteiger partial charge in [0.25, 0.3) is 5.56 Å². The molecule has 2 aromatic carbocycles. The van der Waals surface area contributed by atoms with Crippen molar-refractivity contribution in [3.8, 4) is 5.75 Å². The fourth-order valence-corrected chi connectivity index (χ4v) is 2.41. The maximum atomic E-state index is 12.5. The number of pyridine rings is 1. The first-order chi connectivity index (χ1) is 10.2. The molecule has 0 spiro atoms. The highest BCUT2D eigenvalue weighted by molar-refractivity contribution is 5.91. The molecule has 0 aliphatic carbocycles. The maximum Gasteiger partial charge on any atom is 0.260 e. The van der Waals surface area contributed by atoms with E-state index in [1.165, 1.54) is 0 Å². The topological polar surface area (TPSA) is 57.2 Å². The third-order valence-corrected chi connectivity index (χ3v) is 3.55. The van der Waals surface area contributed by atoms with Crippen molar-refractivity contribution in [3.05, 3.63) is 70.6 Å². The van der Waals surface area contributed by atoms with Crippen LogP contribution in [0.2, 0.25) is 0 Å². The van der Waals surface area contributed by atoms with E-state index in [2.05, 4.69) is 0 Å². The van der Waals surface area contributed by atoms with E-state index in [0.717, 1.165) is 16.7 Å². The Hall–Kier alpha value is -2.46. The Morgan fingerprint density at radius 2 is 1.82 bits per heavy atom. The zero-order chi connectivity index (χ0) is 14.8. The van der Waals surface area contributed by atoms with Crippen molar-refractivity contribution < 1.29 is 4.74 Å². The molecule has 0 unspecified atom stereocenters. The largest absolute Gasteiger partial charge is 0.497 e. The third-order valence-electron chi connectivity index (χ3n) is 3.55. The number of hydrogen-bond acceptors (Lipinski definition) is 3. The number of nitrogens with zero attached hydrogens (tertiary/aromatic N) is 1. The molecule has 5 heteroatoms. The van der Waals surface area contributed by atoms with Crippen LogP contribution in [0.3, 0.4) is 0 Å². The van der Waals surface area contributed by atoms with Crippen LogP contribution in [0.25, 0.3) is 10.8 Å². The summed E-state index contributed by atoms with van der Waals surface area (Å²) in [7, 11) is 1.63. The SMILES string of the molecule is COc1ccc(Cn2ccc3cccc(N)c3c2=O)cc1.Cl. The Bertz CT molecular complexity index is 841. The zero-order valence-corrected chi connectivity index (χ0v) is 13.0. The molecule has 1 heterocycles. The van der Waals surface area contributed by atoms with E-state index in [1.807, 2.05) is 42.5 Å². The van der Waals surface area contributed by atoms with Crippen molar-refractivity contribution in [2.45, 2.75) is 6.54 Å². The lowest BCUT2D eigenvalue weighted by Crippen LogP contribution is -2.20. The number of aromatic nitrogens is 1. The Labute approximate surface area is 134 Å². The molecule has 1 aromatic heterocycles. The molecule has 3 aromatic rings. The molecule has 0 saturated carbocycles. The predicted molar refractivity (Wildman–Crippen MR) is 92.0 cm³/mol. The van der Waals surface area contributed by atoms with Crippen molar-refractivity contribution in [2.75, 3.05) is 12.8 Å². The zero-order valence-electron chi connectivity index (χ0n) is 12.2. The minimum absolute atomic E-state index is 0. The van der Waals surface area contributed by atoms with Gasteiger partial charge in [0.1, 0.15) is 5.75 Å². The molecule has 3 rings (SSSR count). The summed E-state index contributed by atoms with van der Waals surface area (Å²) in [4.78, 5) is 12.5. The van der Waals surface area contributed by atoms with Crippen LogP contribution in [0.15, 0.2) is 59.5 Å². The summed E-state index contributed by atoms with van der Waals surface area (Å²) >= 11 is 0. The third kappa shape index (κ3) is 2.92. The van der Waals surface area contributed by atoms with Crippen LogP contribution in [0.4, 0.5) is 5.69 Å². The number of methoxy groups -OCH3 is 1. The molecule has 0 bridgehead atoms. The van der Waals surface area contributed by atoms with Crippen LogP contribution >= 0.6 is 12.4 Å². The van der Waals surface area contributed by atoms with E-state index in [1.54, 1.807) is 23.9 Å². The fraction of sp³-hybridized carbons (Fsp3) is 0.118. The van der Waals surface area contributed by atoms with Crippen molar-refractivity contribution in [1.82, 2.24) is 4.57 Å². The molecule has 0 radical (unpaired) electrons. The second-order valence-electron chi connectivity index (χ2n) is 4.91. The summed E-state index contributed by atoms with van der Waals surface area (Å²) in [5.74, 6) is 0.800. The maximum absolute atomic E-state index is 12.5. The molecule has 0 atom stereocenters. The number of hydrogen-bond donors (Lipinski definition) is 1. The molecule has 0 aliphatic heterocycles. The molecule has 4 nitrogen and oxygen atoms in total. The Balaban J connectivity index is 0.00000176. The smallest absolute Gasteiger partial charge is 0.260 e. The highest BCUT2D eigenvalue weighted by Gasteiger charge is 2.06. The van der Waals surface area contributed by atoms with Gasteiger partial charge in [0.15, 0.2) is 0 Å². The summed E-state index contributed by atoms with van der Waals surface area (Å²) < 4.78 is 6.80. The Morgan fingerprint density at radius 1 is 1.09 bits per heavy atom. The highest BCUT2D eigenvalue weighted by atomic mass is 35.5. The molecule has 0 saturated heterocycles. The lowest BCUT2D eigenvalue weighted by molar-refractivity contribution is 0.414. The minimum atomic E-state index is -0.0681. The summed E-state index contributed by atoms with van der Waals surface area (Å²) in [6, 6.07) is 15.1. The number of halogens is 1. The number of ether oxygens (including phenoxy) is 1. The quantitative estimate of drug-likeness (QED) is 0.756. The average Bonchev–Trinajstić information content (AvgIpc) is 2.51. The number of fused-ring (bicyclic) bond motifs is 1. The predicted octanol–water partition coefficient (Wildman–Crippen LogP) is 3.06. The number of nitrogen functional groups attached to an aromatic ring is 1. The van der Waals surface area contributed by atoms with Crippen LogP contribution in [-0.4, -0.2) is 11.7 Å². The van der Waals surface area contributed by atoms with Gasteiger partial charge in [-0.05, 0) is 35.2 Å². The van der Waals surface area contributed by atoms with E-state index >= 15 is 0 Å². The first-order valence-electron chi connectivity index (χ1n) is 6.69. The average molecular weight is 317 g/mol. The molecule has 114 valence electrons. The number of rotatable bonds is 3. The van der Waals surface area contributed by atoms with Crippen molar-refractivity contribution in [3.63, 3.8) is 0 Å². The van der Waals surface area contributed by atoms with Gasteiger partial charge in [-0.3, -0.25) is 4.79 Å². The first-order valence-corrected chi connectivity index (χ1v) is 6.69. The van der Waals surface area contributed by atoms with Crippen LogP contribution in [0, 0.1) is 0 Å². The van der Waals surface area contributed by atoms with Crippen molar-refractivity contribution in [1.29, 1.82) is 0 Å². The second-order valence-corrected chi connectivity index (χ2v) is 4.91. The van der Waals surface area contributed by atoms with Gasteiger partial charge in [-0.25, -0.2) is 0 Å². The molecule has 0 amide bonds. The van der Waals surface area contributed by atoms with Crippen LogP contribution in [-0.2, 0) is 6.54 Å². The van der Waals surface area contributed by atoms with Crippen molar-refractivity contribution in [2.24, 2.45) is 0 Å². The number of benzene rings is 2. The van der Waals surface area contributed by atoms with Gasteiger partial charge in [-0.2, -0.15) is 0 Å². The molecule has 0 aliphatic rings. The second kappa shape index (κ2) is 6.54. The summed E-state index contributed by atoms with van der Waals surface area (Å²) in [6.07, 6.45) is 1.80. The van der Waals surface area contributed by atoms with Gasteiger partial charge >= 0.3 is 0 Å². The normalized spacial score (nSPS) is 10.2.